The summed E-state index contributed by atoms with van der Waals surface area (Å²) in [6.07, 6.45) is 9.44. The summed E-state index contributed by atoms with van der Waals surface area (Å²) >= 11 is 0. The Morgan fingerprint density at radius 3 is 2.88 bits per heavy atom. The molecule has 0 aromatic rings. The first kappa shape index (κ1) is 18.6. The van der Waals surface area contributed by atoms with Crippen LogP contribution >= 0.6 is 0 Å². The third kappa shape index (κ3) is 4.23. The van der Waals surface area contributed by atoms with Gasteiger partial charge in [-0.2, -0.15) is 0 Å². The molecule has 0 aromatic heterocycles. The fourth-order valence-electron chi connectivity index (χ4n) is 3.22. The zero-order chi connectivity index (χ0) is 17.7. The van der Waals surface area contributed by atoms with Crippen molar-refractivity contribution in [1.82, 2.24) is 4.90 Å². The highest BCUT2D eigenvalue weighted by Crippen LogP contribution is 2.25. The maximum Gasteiger partial charge on any atom is 0.323 e. The third-order valence-electron chi connectivity index (χ3n) is 5.21. The van der Waals surface area contributed by atoms with E-state index in [4.69, 9.17) is 4.74 Å². The van der Waals surface area contributed by atoms with Crippen molar-refractivity contribution < 1.29 is 14.5 Å². The molecule has 1 saturated heterocycles. The number of nitrogens with zero attached hydrogens (tertiary/aromatic N) is 2. The largest absolute Gasteiger partial charge is 0.460 e. The van der Waals surface area contributed by atoms with Crippen molar-refractivity contribution in [3.05, 3.63) is 33.9 Å². The molecule has 0 amide bonds. The van der Waals surface area contributed by atoms with Crippen molar-refractivity contribution in [1.29, 1.82) is 0 Å². The number of carbonyl (C=O) groups excluding carboxylic acids is 1. The highest BCUT2D eigenvalue weighted by molar-refractivity contribution is 5.76. The first-order valence-corrected chi connectivity index (χ1v) is 8.82. The fourth-order valence-corrected chi connectivity index (χ4v) is 3.22. The number of rotatable bonds is 6. The maximum absolute atomic E-state index is 12.5. The predicted molar refractivity (Wildman–Crippen MR) is 92.3 cm³/mol. The lowest BCUT2D eigenvalue weighted by Crippen LogP contribution is -2.49. The third-order valence-corrected chi connectivity index (χ3v) is 5.21. The van der Waals surface area contributed by atoms with Gasteiger partial charge in [0, 0.05) is 24.3 Å². The Bertz CT molecular complexity index is 543. The van der Waals surface area contributed by atoms with Gasteiger partial charge in [-0.05, 0) is 44.4 Å². The predicted octanol–water partition coefficient (Wildman–Crippen LogP) is 3.10. The van der Waals surface area contributed by atoms with E-state index in [1.165, 1.54) is 0 Å². The van der Waals surface area contributed by atoms with Crippen LogP contribution in [0.1, 0.15) is 52.9 Å². The van der Waals surface area contributed by atoms with Crippen LogP contribution in [0.4, 0.5) is 0 Å². The normalized spacial score (nSPS) is 29.0. The van der Waals surface area contributed by atoms with Gasteiger partial charge >= 0.3 is 5.97 Å². The van der Waals surface area contributed by atoms with Gasteiger partial charge in [-0.3, -0.25) is 19.8 Å². The molecule has 24 heavy (non-hydrogen) atoms. The molecule has 2 rings (SSSR count). The van der Waals surface area contributed by atoms with Crippen LogP contribution in [0.25, 0.3) is 0 Å². The van der Waals surface area contributed by atoms with Gasteiger partial charge in [0.25, 0.3) is 0 Å². The van der Waals surface area contributed by atoms with E-state index in [9.17, 15) is 14.9 Å². The number of piperidine rings is 1. The Labute approximate surface area is 143 Å². The molecule has 0 saturated carbocycles. The van der Waals surface area contributed by atoms with Crippen molar-refractivity contribution in [2.45, 2.75) is 70.5 Å². The molecule has 6 heteroatoms. The molecule has 2 aliphatic rings. The van der Waals surface area contributed by atoms with Crippen molar-refractivity contribution >= 4 is 5.97 Å². The average Bonchev–Trinajstić information content (AvgIpc) is 2.60. The molecule has 0 aromatic carbocycles. The second-order valence-electron chi connectivity index (χ2n) is 7.05. The quantitative estimate of drug-likeness (QED) is 0.423. The van der Waals surface area contributed by atoms with Gasteiger partial charge in [0.15, 0.2) is 0 Å². The summed E-state index contributed by atoms with van der Waals surface area (Å²) in [5.41, 5.74) is -0.224. The lowest BCUT2D eigenvalue weighted by atomic mass is 9.91. The molecule has 1 heterocycles. The average molecular weight is 336 g/mol. The Morgan fingerprint density at radius 2 is 2.29 bits per heavy atom. The van der Waals surface area contributed by atoms with Crippen LogP contribution in [0, 0.1) is 10.1 Å². The number of ether oxygens (including phenoxy) is 1. The minimum atomic E-state index is -1.05. The summed E-state index contributed by atoms with van der Waals surface area (Å²) in [7, 11) is 0. The Kier molecular flexibility index (Phi) is 6.15. The summed E-state index contributed by atoms with van der Waals surface area (Å²) in [6.45, 7) is 7.00. The standard InChI is InChI=1S/C18H28N2O4/c1-4-14(2)19-12-6-5-7-16(19)17(21)24-13-15-8-10-18(3,11-9-15)20(22)23/h8-10,14,16H,4-7,11-13H2,1-3H3/t14?,16-,18?/m1/s1. The topological polar surface area (TPSA) is 72.7 Å². The van der Waals surface area contributed by atoms with Crippen LogP contribution in [-0.4, -0.2) is 46.6 Å². The molecule has 0 spiro atoms. The lowest BCUT2D eigenvalue weighted by molar-refractivity contribution is -0.549. The minimum absolute atomic E-state index is 0.161. The Morgan fingerprint density at radius 1 is 1.54 bits per heavy atom. The Balaban J connectivity index is 1.90. The van der Waals surface area contributed by atoms with E-state index in [-0.39, 0.29) is 23.5 Å². The lowest BCUT2D eigenvalue weighted by Gasteiger charge is -2.38. The van der Waals surface area contributed by atoms with E-state index in [2.05, 4.69) is 18.7 Å². The van der Waals surface area contributed by atoms with Gasteiger partial charge in [0.1, 0.15) is 12.6 Å². The molecule has 1 aliphatic carbocycles. The molecule has 1 fully saturated rings. The second kappa shape index (κ2) is 7.92. The number of likely N-dealkylation sites (tertiary alicyclic amines) is 1. The molecular formula is C18H28N2O4. The summed E-state index contributed by atoms with van der Waals surface area (Å²) in [4.78, 5) is 25.5. The smallest absolute Gasteiger partial charge is 0.323 e. The van der Waals surface area contributed by atoms with E-state index in [0.29, 0.717) is 12.5 Å². The van der Waals surface area contributed by atoms with Crippen LogP contribution in [0.3, 0.4) is 0 Å². The summed E-state index contributed by atoms with van der Waals surface area (Å²) in [5, 5.41) is 11.0. The number of nitro groups is 1. The van der Waals surface area contributed by atoms with Gasteiger partial charge in [0.2, 0.25) is 5.54 Å². The molecule has 6 nitrogen and oxygen atoms in total. The van der Waals surface area contributed by atoms with Crippen LogP contribution in [-0.2, 0) is 9.53 Å². The Hall–Kier alpha value is -1.69. The zero-order valence-electron chi connectivity index (χ0n) is 14.9. The maximum atomic E-state index is 12.5. The molecule has 0 radical (unpaired) electrons. The highest BCUT2D eigenvalue weighted by Gasteiger charge is 2.35. The zero-order valence-corrected chi connectivity index (χ0v) is 14.9. The van der Waals surface area contributed by atoms with Crippen LogP contribution in [0.2, 0.25) is 0 Å². The van der Waals surface area contributed by atoms with Gasteiger partial charge in [-0.15, -0.1) is 0 Å². The van der Waals surface area contributed by atoms with Crippen molar-refractivity contribution in [3.8, 4) is 0 Å². The van der Waals surface area contributed by atoms with Crippen molar-refractivity contribution in [2.24, 2.45) is 0 Å². The summed E-state index contributed by atoms with van der Waals surface area (Å²) in [5.74, 6) is -0.174. The van der Waals surface area contributed by atoms with Gasteiger partial charge in [-0.25, -0.2) is 0 Å². The molecule has 0 bridgehead atoms. The molecule has 2 unspecified atom stereocenters. The molecule has 134 valence electrons. The van der Waals surface area contributed by atoms with Crippen LogP contribution in [0.5, 0.6) is 0 Å². The minimum Gasteiger partial charge on any atom is -0.460 e. The fraction of sp³-hybridized carbons (Fsp3) is 0.722. The van der Waals surface area contributed by atoms with E-state index in [0.717, 1.165) is 37.8 Å². The number of hydrogen-bond donors (Lipinski definition) is 0. The summed E-state index contributed by atoms with van der Waals surface area (Å²) in [6, 6.07) is 0.211. The van der Waals surface area contributed by atoms with Crippen molar-refractivity contribution in [3.63, 3.8) is 0 Å². The number of hydrogen-bond acceptors (Lipinski definition) is 5. The first-order chi connectivity index (χ1) is 11.4. The van der Waals surface area contributed by atoms with Gasteiger partial charge in [0.05, 0.1) is 0 Å². The van der Waals surface area contributed by atoms with Crippen molar-refractivity contribution in [2.75, 3.05) is 13.2 Å². The molecule has 0 N–H and O–H groups in total. The molecule has 1 aliphatic heterocycles. The number of esters is 1. The van der Waals surface area contributed by atoms with Gasteiger partial charge < -0.3 is 4.74 Å². The molecular weight excluding hydrogens is 308 g/mol. The van der Waals surface area contributed by atoms with Crippen LogP contribution in [0.15, 0.2) is 23.8 Å². The van der Waals surface area contributed by atoms with E-state index in [1.54, 1.807) is 25.2 Å². The first-order valence-electron chi connectivity index (χ1n) is 8.82. The van der Waals surface area contributed by atoms with Gasteiger partial charge in [-0.1, -0.05) is 25.5 Å². The van der Waals surface area contributed by atoms with E-state index >= 15 is 0 Å². The van der Waals surface area contributed by atoms with E-state index < -0.39 is 5.54 Å². The summed E-state index contributed by atoms with van der Waals surface area (Å²) < 4.78 is 5.50. The molecule has 3 atom stereocenters. The number of carbonyl (C=O) groups is 1. The highest BCUT2D eigenvalue weighted by atomic mass is 16.6. The second-order valence-corrected chi connectivity index (χ2v) is 7.05. The monoisotopic (exact) mass is 336 g/mol. The van der Waals surface area contributed by atoms with E-state index in [1.807, 2.05) is 0 Å². The SMILES string of the molecule is CCC(C)N1CCCC[C@@H]1C(=O)OCC1=CCC(C)([N+](=O)[O-])C=C1. The van der Waals surface area contributed by atoms with Crippen LogP contribution < -0.4 is 0 Å².